The van der Waals surface area contributed by atoms with E-state index in [0.29, 0.717) is 32.8 Å². The van der Waals surface area contributed by atoms with Gasteiger partial charge in [0, 0.05) is 10.4 Å². The van der Waals surface area contributed by atoms with Crippen molar-refractivity contribution in [2.24, 2.45) is 5.10 Å². The second-order valence-corrected chi connectivity index (χ2v) is 7.38. The van der Waals surface area contributed by atoms with Gasteiger partial charge in [0.1, 0.15) is 5.75 Å². The molecular weight excluding hydrogens is 428 g/mol. The smallest absolute Gasteiger partial charge is 0.292 e. The minimum atomic E-state index is -0.547. The fourth-order valence-corrected chi connectivity index (χ4v) is 3.46. The number of carbonyl (C=O) groups excluding carboxylic acids is 1. The van der Waals surface area contributed by atoms with E-state index >= 15 is 0 Å². The van der Waals surface area contributed by atoms with Crippen LogP contribution >= 0.6 is 11.6 Å². The molecule has 1 heterocycles. The zero-order chi connectivity index (χ0) is 22.7. The van der Waals surface area contributed by atoms with Crippen molar-refractivity contribution in [2.75, 3.05) is 7.11 Å². The van der Waals surface area contributed by atoms with Crippen LogP contribution in [-0.4, -0.2) is 29.0 Å². The Kier molecular flexibility index (Phi) is 6.00. The van der Waals surface area contributed by atoms with Crippen molar-refractivity contribution in [3.05, 3.63) is 98.9 Å². The molecule has 0 atom stereocenters. The topological polar surface area (TPSA) is 85.6 Å². The maximum atomic E-state index is 13.1. The van der Waals surface area contributed by atoms with Gasteiger partial charge in [-0.25, -0.2) is 5.43 Å². The Morgan fingerprint density at radius 2 is 1.84 bits per heavy atom. The molecule has 0 fully saturated rings. The largest absolute Gasteiger partial charge is 0.497 e. The normalized spacial score (nSPS) is 11.1. The lowest BCUT2D eigenvalue weighted by atomic mass is 10.1. The SMILES string of the molecule is COc1cccc(/C=N/NC(=O)c2nn(-c3cccc(Cl)c3C)c(=O)c3ccccc23)c1. The van der Waals surface area contributed by atoms with Gasteiger partial charge in [-0.3, -0.25) is 9.59 Å². The number of carbonyl (C=O) groups is 1. The summed E-state index contributed by atoms with van der Waals surface area (Å²) >= 11 is 6.23. The summed E-state index contributed by atoms with van der Waals surface area (Å²) in [5.41, 5.74) is 4.15. The first-order valence-corrected chi connectivity index (χ1v) is 10.1. The van der Waals surface area contributed by atoms with Crippen molar-refractivity contribution in [3.8, 4) is 11.4 Å². The molecule has 160 valence electrons. The highest BCUT2D eigenvalue weighted by Crippen LogP contribution is 2.22. The maximum Gasteiger partial charge on any atom is 0.292 e. The molecule has 0 spiro atoms. The Morgan fingerprint density at radius 1 is 1.09 bits per heavy atom. The van der Waals surface area contributed by atoms with E-state index in [9.17, 15) is 9.59 Å². The molecule has 1 aromatic heterocycles. The monoisotopic (exact) mass is 446 g/mol. The van der Waals surface area contributed by atoms with E-state index in [-0.39, 0.29) is 11.3 Å². The summed E-state index contributed by atoms with van der Waals surface area (Å²) < 4.78 is 6.38. The van der Waals surface area contributed by atoms with Crippen LogP contribution in [0.1, 0.15) is 21.6 Å². The van der Waals surface area contributed by atoms with Crippen molar-refractivity contribution in [3.63, 3.8) is 0 Å². The number of aromatic nitrogens is 2. The molecule has 8 heteroatoms. The van der Waals surface area contributed by atoms with E-state index in [1.807, 2.05) is 18.2 Å². The fourth-order valence-electron chi connectivity index (χ4n) is 3.29. The number of rotatable bonds is 5. The summed E-state index contributed by atoms with van der Waals surface area (Å²) in [7, 11) is 1.57. The molecule has 0 unspecified atom stereocenters. The van der Waals surface area contributed by atoms with Gasteiger partial charge >= 0.3 is 0 Å². The van der Waals surface area contributed by atoms with Crippen molar-refractivity contribution in [2.45, 2.75) is 6.92 Å². The Morgan fingerprint density at radius 3 is 2.62 bits per heavy atom. The van der Waals surface area contributed by atoms with Gasteiger partial charge in [0.05, 0.1) is 24.4 Å². The first-order valence-electron chi connectivity index (χ1n) is 9.74. The van der Waals surface area contributed by atoms with E-state index in [1.165, 1.54) is 10.9 Å². The van der Waals surface area contributed by atoms with Crippen LogP contribution in [0.25, 0.3) is 16.5 Å². The third kappa shape index (κ3) is 4.10. The molecule has 0 radical (unpaired) electrons. The molecule has 4 aromatic rings. The average Bonchev–Trinajstić information content (AvgIpc) is 2.81. The van der Waals surface area contributed by atoms with Crippen molar-refractivity contribution >= 4 is 34.5 Å². The van der Waals surface area contributed by atoms with Crippen LogP contribution < -0.4 is 15.7 Å². The van der Waals surface area contributed by atoms with Gasteiger partial charge in [-0.1, -0.05) is 48.0 Å². The number of nitrogens with one attached hydrogen (secondary N) is 1. The van der Waals surface area contributed by atoms with Gasteiger partial charge in [-0.2, -0.15) is 14.9 Å². The van der Waals surface area contributed by atoms with Crippen molar-refractivity contribution in [1.29, 1.82) is 0 Å². The molecule has 1 amide bonds. The highest BCUT2D eigenvalue weighted by atomic mass is 35.5. The number of hydrogen-bond acceptors (Lipinski definition) is 5. The van der Waals surface area contributed by atoms with Gasteiger partial charge in [-0.05, 0) is 48.4 Å². The molecule has 0 saturated carbocycles. The third-order valence-corrected chi connectivity index (χ3v) is 5.37. The summed E-state index contributed by atoms with van der Waals surface area (Å²) in [6.07, 6.45) is 1.50. The number of amides is 1. The molecule has 0 saturated heterocycles. The van der Waals surface area contributed by atoms with Crippen LogP contribution in [0, 0.1) is 6.92 Å². The van der Waals surface area contributed by atoms with Crippen LogP contribution in [0.5, 0.6) is 5.75 Å². The summed E-state index contributed by atoms with van der Waals surface area (Å²) in [5.74, 6) is 0.130. The lowest BCUT2D eigenvalue weighted by Crippen LogP contribution is -2.28. The molecule has 0 aliphatic rings. The minimum Gasteiger partial charge on any atom is -0.497 e. The van der Waals surface area contributed by atoms with Crippen LogP contribution in [0.3, 0.4) is 0 Å². The molecule has 3 aromatic carbocycles. The Bertz CT molecular complexity index is 1410. The quantitative estimate of drug-likeness (QED) is 0.369. The first-order chi connectivity index (χ1) is 15.5. The number of hydrazone groups is 1. The predicted octanol–water partition coefficient (Wildman–Crippen LogP) is 4.12. The Labute approximate surface area is 188 Å². The summed E-state index contributed by atoms with van der Waals surface area (Å²) in [6, 6.07) is 19.3. The number of halogens is 1. The van der Waals surface area contributed by atoms with Crippen LogP contribution in [0.4, 0.5) is 0 Å². The molecule has 0 aliphatic carbocycles. The summed E-state index contributed by atoms with van der Waals surface area (Å²) in [6.45, 7) is 1.79. The highest BCUT2D eigenvalue weighted by molar-refractivity contribution is 6.31. The molecule has 32 heavy (non-hydrogen) atoms. The number of hydrogen-bond donors (Lipinski definition) is 1. The number of benzene rings is 3. The van der Waals surface area contributed by atoms with E-state index < -0.39 is 5.91 Å². The number of ether oxygens (including phenoxy) is 1. The van der Waals surface area contributed by atoms with Crippen molar-refractivity contribution < 1.29 is 9.53 Å². The Hall–Kier alpha value is -3.97. The Balaban J connectivity index is 1.75. The predicted molar refractivity (Wildman–Crippen MR) is 125 cm³/mol. The second-order valence-electron chi connectivity index (χ2n) is 6.97. The number of nitrogens with zero attached hydrogens (tertiary/aromatic N) is 3. The maximum absolute atomic E-state index is 13.1. The van der Waals surface area contributed by atoms with Gasteiger partial charge in [0.25, 0.3) is 11.5 Å². The van der Waals surface area contributed by atoms with Crippen molar-refractivity contribution in [1.82, 2.24) is 15.2 Å². The zero-order valence-electron chi connectivity index (χ0n) is 17.4. The molecule has 0 aliphatic heterocycles. The number of methoxy groups -OCH3 is 1. The van der Waals surface area contributed by atoms with Gasteiger partial charge in [0.2, 0.25) is 0 Å². The summed E-state index contributed by atoms with van der Waals surface area (Å²) in [4.78, 5) is 26.1. The third-order valence-electron chi connectivity index (χ3n) is 4.96. The molecule has 7 nitrogen and oxygen atoms in total. The highest BCUT2D eigenvalue weighted by Gasteiger charge is 2.18. The lowest BCUT2D eigenvalue weighted by Gasteiger charge is -2.12. The lowest BCUT2D eigenvalue weighted by molar-refractivity contribution is 0.0950. The fraction of sp³-hybridized carbons (Fsp3) is 0.0833. The first kappa shape index (κ1) is 21.3. The van der Waals surface area contributed by atoms with E-state index in [2.05, 4.69) is 15.6 Å². The second kappa shape index (κ2) is 9.03. The average molecular weight is 447 g/mol. The van der Waals surface area contributed by atoms with Crippen LogP contribution in [-0.2, 0) is 0 Å². The van der Waals surface area contributed by atoms with Gasteiger partial charge < -0.3 is 4.74 Å². The molecule has 1 N–H and O–H groups in total. The number of fused-ring (bicyclic) bond motifs is 1. The van der Waals surface area contributed by atoms with E-state index in [1.54, 1.807) is 62.6 Å². The minimum absolute atomic E-state index is 0.0716. The van der Waals surface area contributed by atoms with E-state index in [4.69, 9.17) is 16.3 Å². The van der Waals surface area contributed by atoms with Gasteiger partial charge in [-0.15, -0.1) is 0 Å². The van der Waals surface area contributed by atoms with E-state index in [0.717, 1.165) is 5.56 Å². The molecule has 4 rings (SSSR count). The van der Waals surface area contributed by atoms with Gasteiger partial charge in [0.15, 0.2) is 5.69 Å². The van der Waals surface area contributed by atoms with Crippen LogP contribution in [0.2, 0.25) is 5.02 Å². The summed E-state index contributed by atoms with van der Waals surface area (Å²) in [5, 5.41) is 9.69. The zero-order valence-corrected chi connectivity index (χ0v) is 18.1. The van der Waals surface area contributed by atoms with Crippen LogP contribution in [0.15, 0.2) is 76.6 Å². The molecule has 0 bridgehead atoms. The standard InChI is InChI=1S/C24H19ClN4O3/c1-15-20(25)11-6-12-21(15)29-24(31)19-10-4-3-9-18(19)22(28-29)23(30)27-26-14-16-7-5-8-17(13-16)32-2/h3-14H,1-2H3,(H,27,30)/b26-14+. The molecular formula is C24H19ClN4O3.